The number of rotatable bonds is 7. The molecule has 28 heavy (non-hydrogen) atoms. The van der Waals surface area contributed by atoms with E-state index in [1.165, 1.54) is 24.0 Å². The molecule has 0 N–H and O–H groups in total. The Labute approximate surface area is 168 Å². The van der Waals surface area contributed by atoms with Gasteiger partial charge in [-0.1, -0.05) is 0 Å². The van der Waals surface area contributed by atoms with Crippen molar-refractivity contribution in [2.75, 3.05) is 20.3 Å². The quantitative estimate of drug-likeness (QED) is 0.516. The monoisotopic (exact) mass is 398 g/mol. The zero-order valence-electron chi connectivity index (χ0n) is 16.0. The molecule has 0 atom stereocenters. The second kappa shape index (κ2) is 9.38. The lowest BCUT2D eigenvalue weighted by Crippen LogP contribution is -2.14. The minimum absolute atomic E-state index is 0.177. The zero-order chi connectivity index (χ0) is 19.9. The van der Waals surface area contributed by atoms with Crippen LogP contribution in [0, 0.1) is 11.3 Å². The number of carbonyl (C=O) groups is 1. The van der Waals surface area contributed by atoms with Crippen molar-refractivity contribution in [3.63, 3.8) is 0 Å². The van der Waals surface area contributed by atoms with E-state index in [-0.39, 0.29) is 6.61 Å². The number of nitriles is 1. The van der Waals surface area contributed by atoms with Crippen molar-refractivity contribution in [1.82, 2.24) is 0 Å². The first-order valence-corrected chi connectivity index (χ1v) is 10.0. The van der Waals surface area contributed by atoms with Crippen molar-refractivity contribution in [2.24, 2.45) is 4.99 Å². The minimum Gasteiger partial charge on any atom is -0.493 e. The average Bonchev–Trinajstić information content (AvgIpc) is 3.08. The van der Waals surface area contributed by atoms with Gasteiger partial charge in [0.25, 0.3) is 0 Å². The molecule has 0 aliphatic heterocycles. The Kier molecular flexibility index (Phi) is 6.66. The third-order valence-electron chi connectivity index (χ3n) is 4.43. The Bertz CT molecular complexity index is 927. The number of aryl methyl sites for hydroxylation is 1. The molecular weight excluding hydrogens is 376 g/mol. The molecule has 1 heterocycles. The van der Waals surface area contributed by atoms with E-state index in [0.717, 1.165) is 29.8 Å². The van der Waals surface area contributed by atoms with E-state index in [4.69, 9.17) is 14.2 Å². The molecule has 0 fully saturated rings. The van der Waals surface area contributed by atoms with Gasteiger partial charge in [0.1, 0.15) is 11.1 Å². The van der Waals surface area contributed by atoms with Crippen LogP contribution < -0.4 is 9.47 Å². The van der Waals surface area contributed by atoms with Crippen LogP contribution in [0.5, 0.6) is 11.5 Å². The molecule has 2 aromatic rings. The molecule has 0 radical (unpaired) electrons. The minimum atomic E-state index is -0.430. The summed E-state index contributed by atoms with van der Waals surface area (Å²) in [7, 11) is 1.54. The Morgan fingerprint density at radius 3 is 2.89 bits per heavy atom. The number of esters is 1. The van der Waals surface area contributed by atoms with Crippen LogP contribution in [-0.2, 0) is 22.4 Å². The van der Waals surface area contributed by atoms with Crippen LogP contribution in [0.25, 0.3) is 0 Å². The van der Waals surface area contributed by atoms with Crippen LogP contribution in [0.3, 0.4) is 0 Å². The van der Waals surface area contributed by atoms with E-state index in [9.17, 15) is 10.1 Å². The number of hydrogen-bond acceptors (Lipinski definition) is 7. The van der Waals surface area contributed by atoms with Gasteiger partial charge in [-0.25, -0.2) is 9.79 Å². The molecule has 1 aliphatic rings. The SMILES string of the molecule is CCOC(=O)COc1ccc(C=Nc2sc3c(c2C#N)CCCC3)cc1OC. The first-order chi connectivity index (χ1) is 13.7. The van der Waals surface area contributed by atoms with Crippen molar-refractivity contribution in [1.29, 1.82) is 5.26 Å². The number of aliphatic imine (C=N–C) groups is 1. The van der Waals surface area contributed by atoms with E-state index in [2.05, 4.69) is 11.1 Å². The molecule has 1 aromatic carbocycles. The molecule has 0 amide bonds. The maximum atomic E-state index is 11.5. The van der Waals surface area contributed by atoms with E-state index < -0.39 is 5.97 Å². The summed E-state index contributed by atoms with van der Waals surface area (Å²) < 4.78 is 15.7. The number of ether oxygens (including phenoxy) is 3. The third-order valence-corrected chi connectivity index (χ3v) is 5.63. The molecule has 1 aliphatic carbocycles. The van der Waals surface area contributed by atoms with Crippen LogP contribution in [-0.4, -0.2) is 32.5 Å². The van der Waals surface area contributed by atoms with Crippen molar-refractivity contribution in [2.45, 2.75) is 32.6 Å². The lowest BCUT2D eigenvalue weighted by Gasteiger charge is -2.10. The standard InChI is InChI=1S/C21H22N2O4S/c1-3-26-20(24)13-27-17-9-8-14(10-18(17)25-2)12-23-21-16(11-22)15-6-4-5-7-19(15)28-21/h8-10,12H,3-7,13H2,1-2H3. The van der Waals surface area contributed by atoms with Gasteiger partial charge in [0.2, 0.25) is 0 Å². The maximum absolute atomic E-state index is 11.5. The van der Waals surface area contributed by atoms with E-state index in [0.29, 0.717) is 23.7 Å². The van der Waals surface area contributed by atoms with E-state index >= 15 is 0 Å². The van der Waals surface area contributed by atoms with Gasteiger partial charge in [-0.15, -0.1) is 11.3 Å². The predicted octanol–water partition coefficient (Wildman–Crippen LogP) is 4.20. The topological polar surface area (TPSA) is 80.9 Å². The zero-order valence-corrected chi connectivity index (χ0v) is 16.8. The third kappa shape index (κ3) is 4.52. The second-order valence-corrected chi connectivity index (χ2v) is 7.35. The summed E-state index contributed by atoms with van der Waals surface area (Å²) in [5.74, 6) is 0.525. The van der Waals surface area contributed by atoms with Crippen LogP contribution >= 0.6 is 11.3 Å². The number of carbonyl (C=O) groups excluding carboxylic acids is 1. The molecule has 0 saturated heterocycles. The fraction of sp³-hybridized carbons (Fsp3) is 0.381. The van der Waals surface area contributed by atoms with Crippen molar-refractivity contribution in [3.8, 4) is 17.6 Å². The highest BCUT2D eigenvalue weighted by molar-refractivity contribution is 7.16. The van der Waals surface area contributed by atoms with Crippen molar-refractivity contribution < 1.29 is 19.0 Å². The van der Waals surface area contributed by atoms with Gasteiger partial charge in [0.05, 0.1) is 19.3 Å². The average molecular weight is 398 g/mol. The first kappa shape index (κ1) is 19.9. The van der Waals surface area contributed by atoms with Crippen LogP contribution in [0.2, 0.25) is 0 Å². The molecule has 0 saturated carbocycles. The smallest absolute Gasteiger partial charge is 0.344 e. The summed E-state index contributed by atoms with van der Waals surface area (Å²) in [5.41, 5.74) is 2.69. The summed E-state index contributed by atoms with van der Waals surface area (Å²) in [6.07, 6.45) is 6.02. The van der Waals surface area contributed by atoms with Crippen LogP contribution in [0.15, 0.2) is 23.2 Å². The van der Waals surface area contributed by atoms with Gasteiger partial charge in [-0.05, 0) is 61.9 Å². The largest absolute Gasteiger partial charge is 0.493 e. The highest BCUT2D eigenvalue weighted by Crippen LogP contribution is 2.39. The van der Waals surface area contributed by atoms with E-state index in [1.54, 1.807) is 36.6 Å². The molecule has 0 bridgehead atoms. The number of thiophene rings is 1. The lowest BCUT2D eigenvalue weighted by atomic mass is 9.96. The number of benzene rings is 1. The Morgan fingerprint density at radius 2 is 2.14 bits per heavy atom. The molecule has 3 rings (SSSR count). The fourth-order valence-electron chi connectivity index (χ4n) is 3.11. The number of hydrogen-bond donors (Lipinski definition) is 0. The summed E-state index contributed by atoms with van der Waals surface area (Å²) in [5, 5.41) is 10.3. The molecule has 0 spiro atoms. The maximum Gasteiger partial charge on any atom is 0.344 e. The van der Waals surface area contributed by atoms with Gasteiger partial charge in [-0.2, -0.15) is 5.26 Å². The van der Waals surface area contributed by atoms with Gasteiger partial charge in [0, 0.05) is 11.1 Å². The Hall–Kier alpha value is -2.85. The first-order valence-electron chi connectivity index (χ1n) is 9.21. The molecule has 146 valence electrons. The lowest BCUT2D eigenvalue weighted by molar-refractivity contribution is -0.145. The Balaban J connectivity index is 1.77. The molecule has 1 aromatic heterocycles. The normalized spacial score (nSPS) is 13.0. The molecular formula is C21H22N2O4S. The Morgan fingerprint density at radius 1 is 1.32 bits per heavy atom. The van der Waals surface area contributed by atoms with Gasteiger partial charge in [0.15, 0.2) is 18.1 Å². The van der Waals surface area contributed by atoms with Gasteiger partial charge < -0.3 is 14.2 Å². The van der Waals surface area contributed by atoms with Crippen molar-refractivity contribution in [3.05, 3.63) is 39.8 Å². The predicted molar refractivity (Wildman–Crippen MR) is 108 cm³/mol. The van der Waals surface area contributed by atoms with E-state index in [1.807, 2.05) is 6.07 Å². The fourth-order valence-corrected chi connectivity index (χ4v) is 4.30. The molecule has 6 nitrogen and oxygen atoms in total. The highest BCUT2D eigenvalue weighted by atomic mass is 32.1. The van der Waals surface area contributed by atoms with Crippen LogP contribution in [0.1, 0.15) is 41.3 Å². The molecule has 7 heteroatoms. The number of fused-ring (bicyclic) bond motifs is 1. The second-order valence-electron chi connectivity index (χ2n) is 6.27. The summed E-state index contributed by atoms with van der Waals surface area (Å²) >= 11 is 1.61. The number of nitrogens with zero attached hydrogens (tertiary/aromatic N) is 2. The highest BCUT2D eigenvalue weighted by Gasteiger charge is 2.20. The van der Waals surface area contributed by atoms with Crippen LogP contribution in [0.4, 0.5) is 5.00 Å². The van der Waals surface area contributed by atoms with Crippen molar-refractivity contribution >= 4 is 28.5 Å². The summed E-state index contributed by atoms with van der Waals surface area (Å²) in [6.45, 7) is 1.88. The number of methoxy groups -OCH3 is 1. The summed E-state index contributed by atoms with van der Waals surface area (Å²) in [4.78, 5) is 17.3. The molecule has 0 unspecified atom stereocenters. The summed E-state index contributed by atoms with van der Waals surface area (Å²) in [6, 6.07) is 7.65. The van der Waals surface area contributed by atoms with Gasteiger partial charge in [-0.3, -0.25) is 0 Å². The van der Waals surface area contributed by atoms with Gasteiger partial charge >= 0.3 is 5.97 Å².